The van der Waals surface area contributed by atoms with Crippen LogP contribution in [0.4, 0.5) is 11.5 Å². The Morgan fingerprint density at radius 3 is 2.80 bits per heavy atom. The van der Waals surface area contributed by atoms with E-state index in [0.717, 1.165) is 85.1 Å². The number of aliphatic imine (C=N–C) groups is 1. The second-order valence-electron chi connectivity index (χ2n) is 8.56. The molecule has 1 saturated carbocycles. The molecule has 2 fully saturated rings. The van der Waals surface area contributed by atoms with E-state index in [1.165, 1.54) is 0 Å². The average Bonchev–Trinajstić information content (AvgIpc) is 3.61. The number of hydrogen-bond acceptors (Lipinski definition) is 6. The SMILES string of the molecule is COc1cc2c(c(C3CC3)c1)C(=O)CC(c1cccnc1N1CCCN(C)CC1)=N2. The monoisotopic (exact) mass is 404 g/mol. The molecule has 0 N–H and O–H groups in total. The number of ether oxygens (including phenoxy) is 1. The molecule has 2 aliphatic heterocycles. The zero-order valence-corrected chi connectivity index (χ0v) is 17.7. The third-order valence-corrected chi connectivity index (χ3v) is 6.35. The molecule has 1 aliphatic carbocycles. The van der Waals surface area contributed by atoms with Crippen LogP contribution in [-0.2, 0) is 0 Å². The highest BCUT2D eigenvalue weighted by molar-refractivity contribution is 6.22. The number of pyridine rings is 1. The maximum atomic E-state index is 13.2. The van der Waals surface area contributed by atoms with Crippen molar-refractivity contribution in [2.75, 3.05) is 45.2 Å². The Kier molecular flexibility index (Phi) is 5.03. The fourth-order valence-corrected chi connectivity index (χ4v) is 4.56. The van der Waals surface area contributed by atoms with E-state index in [2.05, 4.69) is 22.9 Å². The molecule has 0 radical (unpaired) electrons. The Labute approximate surface area is 177 Å². The van der Waals surface area contributed by atoms with Gasteiger partial charge >= 0.3 is 0 Å². The van der Waals surface area contributed by atoms with Gasteiger partial charge in [0.05, 0.1) is 24.9 Å². The van der Waals surface area contributed by atoms with Crippen molar-refractivity contribution in [3.05, 3.63) is 47.2 Å². The number of likely N-dealkylation sites (N-methyl/N-ethyl adjacent to an activating group) is 1. The van der Waals surface area contributed by atoms with Crippen LogP contribution in [0.3, 0.4) is 0 Å². The summed E-state index contributed by atoms with van der Waals surface area (Å²) < 4.78 is 5.51. The van der Waals surface area contributed by atoms with E-state index in [9.17, 15) is 4.79 Å². The number of fused-ring (bicyclic) bond motifs is 1. The van der Waals surface area contributed by atoms with Gasteiger partial charge in [-0.1, -0.05) is 0 Å². The van der Waals surface area contributed by atoms with Crippen molar-refractivity contribution in [3.8, 4) is 5.75 Å². The summed E-state index contributed by atoms with van der Waals surface area (Å²) in [6, 6.07) is 7.91. The van der Waals surface area contributed by atoms with Crippen LogP contribution in [0.2, 0.25) is 0 Å². The standard InChI is InChI=1S/C24H28N4O2/c1-27-9-4-10-28(12-11-27)24-18(5-3-8-25-24)20-15-22(29)23-19(16-6-7-16)13-17(30-2)14-21(23)26-20/h3,5,8,13-14,16H,4,6-7,9-12,15H2,1-2H3. The van der Waals surface area contributed by atoms with Gasteiger partial charge in [0.15, 0.2) is 5.78 Å². The maximum absolute atomic E-state index is 13.2. The van der Waals surface area contributed by atoms with Crippen LogP contribution in [0.1, 0.15) is 53.1 Å². The lowest BCUT2D eigenvalue weighted by Gasteiger charge is -2.26. The van der Waals surface area contributed by atoms with E-state index < -0.39 is 0 Å². The van der Waals surface area contributed by atoms with Crippen LogP contribution in [0, 0.1) is 0 Å². The number of ketones is 1. The van der Waals surface area contributed by atoms with Gasteiger partial charge in [-0.3, -0.25) is 9.79 Å². The molecule has 0 unspecified atom stereocenters. The first-order valence-corrected chi connectivity index (χ1v) is 10.9. The fourth-order valence-electron chi connectivity index (χ4n) is 4.56. The van der Waals surface area contributed by atoms with E-state index in [0.29, 0.717) is 12.3 Å². The van der Waals surface area contributed by atoms with Crippen LogP contribution in [0.25, 0.3) is 0 Å². The third-order valence-electron chi connectivity index (χ3n) is 6.35. The zero-order chi connectivity index (χ0) is 20.7. The minimum absolute atomic E-state index is 0.157. The molecule has 0 spiro atoms. The van der Waals surface area contributed by atoms with Crippen molar-refractivity contribution in [2.24, 2.45) is 4.99 Å². The van der Waals surface area contributed by atoms with Crippen LogP contribution < -0.4 is 9.64 Å². The number of hydrogen-bond donors (Lipinski definition) is 0. The summed E-state index contributed by atoms with van der Waals surface area (Å²) in [5, 5.41) is 0. The second kappa shape index (κ2) is 7.84. The first kappa shape index (κ1) is 19.2. The zero-order valence-electron chi connectivity index (χ0n) is 17.7. The van der Waals surface area contributed by atoms with Gasteiger partial charge in [-0.05, 0) is 62.5 Å². The van der Waals surface area contributed by atoms with Gasteiger partial charge in [-0.25, -0.2) is 4.98 Å². The number of aromatic nitrogens is 1. The summed E-state index contributed by atoms with van der Waals surface area (Å²) >= 11 is 0. The molecular weight excluding hydrogens is 376 g/mol. The number of carbonyl (C=O) groups is 1. The molecule has 0 bridgehead atoms. The number of Topliss-reactive ketones (excluding diaryl/α,β-unsaturated/α-hetero) is 1. The number of nitrogens with zero attached hydrogens (tertiary/aromatic N) is 4. The summed E-state index contributed by atoms with van der Waals surface area (Å²) in [7, 11) is 3.83. The summed E-state index contributed by atoms with van der Waals surface area (Å²) in [4.78, 5) is 27.6. The van der Waals surface area contributed by atoms with E-state index in [1.807, 2.05) is 24.4 Å². The number of methoxy groups -OCH3 is 1. The molecule has 6 heteroatoms. The third kappa shape index (κ3) is 3.60. The van der Waals surface area contributed by atoms with Crippen LogP contribution in [0.15, 0.2) is 35.5 Å². The van der Waals surface area contributed by atoms with Gasteiger partial charge in [0.2, 0.25) is 0 Å². The van der Waals surface area contributed by atoms with Crippen molar-refractivity contribution in [1.29, 1.82) is 0 Å². The van der Waals surface area contributed by atoms with E-state index in [4.69, 9.17) is 14.7 Å². The number of benzene rings is 1. The number of anilines is 1. The van der Waals surface area contributed by atoms with Crippen LogP contribution in [0.5, 0.6) is 5.75 Å². The maximum Gasteiger partial charge on any atom is 0.171 e. The van der Waals surface area contributed by atoms with Crippen molar-refractivity contribution in [2.45, 2.75) is 31.6 Å². The highest BCUT2D eigenvalue weighted by Gasteiger charge is 2.33. The van der Waals surface area contributed by atoms with Crippen LogP contribution >= 0.6 is 0 Å². The molecule has 0 amide bonds. The van der Waals surface area contributed by atoms with Gasteiger partial charge in [0.1, 0.15) is 11.6 Å². The summed E-state index contributed by atoms with van der Waals surface area (Å²) in [6.45, 7) is 3.99. The molecule has 3 aliphatic rings. The smallest absolute Gasteiger partial charge is 0.171 e. The predicted molar refractivity (Wildman–Crippen MR) is 119 cm³/mol. The minimum Gasteiger partial charge on any atom is -0.497 e. The summed E-state index contributed by atoms with van der Waals surface area (Å²) in [6.07, 6.45) is 5.54. The van der Waals surface area contributed by atoms with Crippen LogP contribution in [-0.4, -0.2) is 61.7 Å². The molecule has 6 nitrogen and oxygen atoms in total. The van der Waals surface area contributed by atoms with E-state index >= 15 is 0 Å². The normalized spacial score (nSPS) is 19.9. The molecule has 3 heterocycles. The Morgan fingerprint density at radius 2 is 2.00 bits per heavy atom. The highest BCUT2D eigenvalue weighted by Crippen LogP contribution is 2.47. The first-order valence-electron chi connectivity index (χ1n) is 10.9. The number of carbonyl (C=O) groups excluding carboxylic acids is 1. The van der Waals surface area contributed by atoms with Gasteiger partial charge in [0.25, 0.3) is 0 Å². The fraction of sp³-hybridized carbons (Fsp3) is 0.458. The molecule has 1 aromatic heterocycles. The van der Waals surface area contributed by atoms with Gasteiger partial charge in [-0.2, -0.15) is 0 Å². The molecular formula is C24H28N4O2. The largest absolute Gasteiger partial charge is 0.497 e. The highest BCUT2D eigenvalue weighted by atomic mass is 16.5. The molecule has 2 aromatic rings. The summed E-state index contributed by atoms with van der Waals surface area (Å²) in [5.74, 6) is 2.34. The van der Waals surface area contributed by atoms with Crippen molar-refractivity contribution < 1.29 is 9.53 Å². The van der Waals surface area contributed by atoms with E-state index in [1.54, 1.807) is 7.11 Å². The lowest BCUT2D eigenvalue weighted by Crippen LogP contribution is -2.31. The molecule has 1 saturated heterocycles. The predicted octanol–water partition coefficient (Wildman–Crippen LogP) is 3.82. The Hall–Kier alpha value is -2.73. The Morgan fingerprint density at radius 1 is 1.13 bits per heavy atom. The van der Waals surface area contributed by atoms with Gasteiger partial charge in [-0.15, -0.1) is 0 Å². The molecule has 30 heavy (non-hydrogen) atoms. The number of rotatable bonds is 4. The Bertz CT molecular complexity index is 1010. The Balaban J connectivity index is 1.57. The first-order chi connectivity index (χ1) is 14.6. The lowest BCUT2D eigenvalue weighted by atomic mass is 9.90. The lowest BCUT2D eigenvalue weighted by molar-refractivity contribution is 0.0999. The molecule has 156 valence electrons. The topological polar surface area (TPSA) is 58.0 Å². The molecule has 5 rings (SSSR count). The van der Waals surface area contributed by atoms with E-state index in [-0.39, 0.29) is 5.78 Å². The summed E-state index contributed by atoms with van der Waals surface area (Å²) in [5.41, 5.74) is 4.43. The van der Waals surface area contributed by atoms with Gasteiger partial charge in [0, 0.05) is 43.0 Å². The van der Waals surface area contributed by atoms with Gasteiger partial charge < -0.3 is 14.5 Å². The second-order valence-corrected chi connectivity index (χ2v) is 8.56. The van der Waals surface area contributed by atoms with Crippen molar-refractivity contribution in [3.63, 3.8) is 0 Å². The quantitative estimate of drug-likeness (QED) is 0.775. The van der Waals surface area contributed by atoms with Crippen molar-refractivity contribution in [1.82, 2.24) is 9.88 Å². The molecule has 0 atom stereocenters. The average molecular weight is 405 g/mol. The molecule has 1 aromatic carbocycles. The van der Waals surface area contributed by atoms with Crippen molar-refractivity contribution >= 4 is 23.0 Å². The minimum atomic E-state index is 0.157.